The Morgan fingerprint density at radius 2 is 2.15 bits per heavy atom. The van der Waals surface area contributed by atoms with Gasteiger partial charge in [-0.05, 0) is 30.5 Å². The van der Waals surface area contributed by atoms with Gasteiger partial charge in [-0.2, -0.15) is 0 Å². The molecule has 0 bridgehead atoms. The van der Waals surface area contributed by atoms with E-state index in [0.717, 1.165) is 23.1 Å². The Balaban J connectivity index is 2.09. The van der Waals surface area contributed by atoms with E-state index in [1.165, 1.54) is 5.56 Å². The van der Waals surface area contributed by atoms with Crippen LogP contribution in [0.3, 0.4) is 0 Å². The molecular weight excluding hydrogens is 338 g/mol. The second-order valence-corrected chi connectivity index (χ2v) is 6.56. The third kappa shape index (κ3) is 2.10. The maximum Gasteiger partial charge on any atom is 0.187 e. The van der Waals surface area contributed by atoms with Crippen LogP contribution < -0.4 is 0 Å². The van der Waals surface area contributed by atoms with Crippen LogP contribution in [0.5, 0.6) is 0 Å². The van der Waals surface area contributed by atoms with E-state index in [1.807, 2.05) is 17.7 Å². The zero-order valence-corrected chi connectivity index (χ0v) is 13.9. The summed E-state index contributed by atoms with van der Waals surface area (Å²) in [5, 5.41) is 9.07. The number of hydrogen-bond acceptors (Lipinski definition) is 4. The Hall–Kier alpha value is -0.850. The number of hydrogen-bond donors (Lipinski definition) is 1. The first-order chi connectivity index (χ1) is 9.56. The molecule has 0 aliphatic heterocycles. The largest absolute Gasteiger partial charge is 0.381 e. The average molecular weight is 354 g/mol. The minimum atomic E-state index is -0.132. The summed E-state index contributed by atoms with van der Waals surface area (Å²) in [7, 11) is 3.72. The van der Waals surface area contributed by atoms with E-state index < -0.39 is 0 Å². The molecule has 2 aromatic rings. The lowest BCUT2D eigenvalue weighted by Gasteiger charge is -2.46. The van der Waals surface area contributed by atoms with Crippen molar-refractivity contribution >= 4 is 28.6 Å². The van der Waals surface area contributed by atoms with E-state index in [1.54, 1.807) is 7.11 Å². The van der Waals surface area contributed by atoms with Gasteiger partial charge in [-0.3, -0.25) is 0 Å². The zero-order valence-electron chi connectivity index (χ0n) is 11.4. The van der Waals surface area contributed by atoms with Crippen LogP contribution in [-0.4, -0.2) is 28.0 Å². The molecule has 1 aliphatic carbocycles. The summed E-state index contributed by atoms with van der Waals surface area (Å²) in [6.45, 7) is 0. The Kier molecular flexibility index (Phi) is 3.64. The molecule has 0 spiro atoms. The smallest absolute Gasteiger partial charge is 0.187 e. The molecule has 6 heteroatoms. The lowest BCUT2D eigenvalue weighted by atomic mass is 9.62. The van der Waals surface area contributed by atoms with Gasteiger partial charge in [-0.1, -0.05) is 28.1 Å². The normalized spacial score (nSPS) is 25.5. The molecule has 1 aliphatic rings. The number of rotatable bonds is 3. The van der Waals surface area contributed by atoms with Crippen molar-refractivity contribution in [2.45, 2.75) is 29.5 Å². The third-order valence-corrected chi connectivity index (χ3v) is 5.03. The highest BCUT2D eigenvalue weighted by Gasteiger charge is 2.50. The minimum absolute atomic E-state index is 0.132. The van der Waals surface area contributed by atoms with Crippen LogP contribution in [0.4, 0.5) is 0 Å². The average Bonchev–Trinajstić information content (AvgIpc) is 2.71. The van der Waals surface area contributed by atoms with Gasteiger partial charge in [0.1, 0.15) is 5.82 Å². The number of aromatic nitrogens is 3. The molecule has 0 amide bonds. The summed E-state index contributed by atoms with van der Waals surface area (Å²) in [6, 6.07) is 8.38. The Labute approximate surface area is 132 Å². The Morgan fingerprint density at radius 1 is 1.40 bits per heavy atom. The van der Waals surface area contributed by atoms with E-state index in [9.17, 15) is 0 Å². The highest BCUT2D eigenvalue weighted by atomic mass is 79.9. The fourth-order valence-corrected chi connectivity index (χ4v) is 3.49. The summed E-state index contributed by atoms with van der Waals surface area (Å²) in [5.74, 6) is 0.953. The SMILES string of the molecule is CO[C@H]1C[C@](c2cccc(Br)c2)(c2nnc(S)n2C)C1. The molecule has 4 nitrogen and oxygen atoms in total. The van der Waals surface area contributed by atoms with Crippen molar-refractivity contribution < 1.29 is 4.74 Å². The molecular formula is C14H16BrN3OS. The van der Waals surface area contributed by atoms with Crippen LogP contribution in [-0.2, 0) is 17.2 Å². The quantitative estimate of drug-likeness (QED) is 0.862. The van der Waals surface area contributed by atoms with Crippen molar-refractivity contribution in [1.29, 1.82) is 0 Å². The maximum absolute atomic E-state index is 5.47. The predicted molar refractivity (Wildman–Crippen MR) is 83.2 cm³/mol. The molecule has 1 aromatic heterocycles. The van der Waals surface area contributed by atoms with Gasteiger partial charge in [0.15, 0.2) is 5.16 Å². The van der Waals surface area contributed by atoms with Gasteiger partial charge in [0.05, 0.1) is 11.5 Å². The van der Waals surface area contributed by atoms with Gasteiger partial charge in [-0.25, -0.2) is 0 Å². The van der Waals surface area contributed by atoms with Crippen molar-refractivity contribution in [3.05, 3.63) is 40.1 Å². The molecule has 0 N–H and O–H groups in total. The first kappa shape index (κ1) is 14.1. The molecule has 1 saturated carbocycles. The van der Waals surface area contributed by atoms with E-state index in [0.29, 0.717) is 5.16 Å². The molecule has 0 unspecified atom stereocenters. The fourth-order valence-electron chi connectivity index (χ4n) is 2.96. The third-order valence-electron chi connectivity index (χ3n) is 4.14. The van der Waals surface area contributed by atoms with Crippen molar-refractivity contribution in [2.75, 3.05) is 7.11 Å². The van der Waals surface area contributed by atoms with Gasteiger partial charge in [0.2, 0.25) is 0 Å². The number of ether oxygens (including phenoxy) is 1. The van der Waals surface area contributed by atoms with Gasteiger partial charge in [0, 0.05) is 18.6 Å². The van der Waals surface area contributed by atoms with Crippen LogP contribution >= 0.6 is 28.6 Å². The number of benzene rings is 1. The molecule has 1 fully saturated rings. The van der Waals surface area contributed by atoms with Gasteiger partial charge >= 0.3 is 0 Å². The van der Waals surface area contributed by atoms with Crippen LogP contribution in [0.25, 0.3) is 0 Å². The number of nitrogens with zero attached hydrogens (tertiary/aromatic N) is 3. The Bertz CT molecular complexity index is 637. The highest BCUT2D eigenvalue weighted by molar-refractivity contribution is 9.10. The lowest BCUT2D eigenvalue weighted by Crippen LogP contribution is -2.48. The van der Waals surface area contributed by atoms with Crippen molar-refractivity contribution in [2.24, 2.45) is 7.05 Å². The number of halogens is 1. The van der Waals surface area contributed by atoms with Crippen LogP contribution in [0, 0.1) is 0 Å². The molecule has 1 heterocycles. The van der Waals surface area contributed by atoms with E-state index in [2.05, 4.69) is 57.0 Å². The van der Waals surface area contributed by atoms with E-state index in [-0.39, 0.29) is 11.5 Å². The van der Waals surface area contributed by atoms with Crippen molar-refractivity contribution in [1.82, 2.24) is 14.8 Å². The highest BCUT2D eigenvalue weighted by Crippen LogP contribution is 2.49. The Morgan fingerprint density at radius 3 is 2.70 bits per heavy atom. The van der Waals surface area contributed by atoms with Crippen molar-refractivity contribution in [3.63, 3.8) is 0 Å². The first-order valence-electron chi connectivity index (χ1n) is 6.44. The van der Waals surface area contributed by atoms with Crippen LogP contribution in [0.15, 0.2) is 33.9 Å². The summed E-state index contributed by atoms with van der Waals surface area (Å²) in [4.78, 5) is 0. The molecule has 0 saturated heterocycles. The summed E-state index contributed by atoms with van der Waals surface area (Å²) in [6.07, 6.45) is 2.11. The predicted octanol–water partition coefficient (Wildman–Crippen LogP) is 2.96. The summed E-state index contributed by atoms with van der Waals surface area (Å²) in [5.41, 5.74) is 1.11. The minimum Gasteiger partial charge on any atom is -0.381 e. The molecule has 0 radical (unpaired) electrons. The first-order valence-corrected chi connectivity index (χ1v) is 7.68. The zero-order chi connectivity index (χ0) is 14.3. The number of methoxy groups -OCH3 is 1. The second kappa shape index (κ2) is 5.16. The molecule has 20 heavy (non-hydrogen) atoms. The van der Waals surface area contributed by atoms with Gasteiger partial charge < -0.3 is 9.30 Å². The monoisotopic (exact) mass is 353 g/mol. The van der Waals surface area contributed by atoms with Gasteiger partial charge in [0.25, 0.3) is 0 Å². The van der Waals surface area contributed by atoms with E-state index >= 15 is 0 Å². The van der Waals surface area contributed by atoms with Crippen molar-refractivity contribution in [3.8, 4) is 0 Å². The second-order valence-electron chi connectivity index (χ2n) is 5.24. The fraction of sp³-hybridized carbons (Fsp3) is 0.429. The molecule has 1 aromatic carbocycles. The van der Waals surface area contributed by atoms with E-state index in [4.69, 9.17) is 4.74 Å². The molecule has 106 valence electrons. The maximum atomic E-state index is 5.47. The van der Waals surface area contributed by atoms with Crippen LogP contribution in [0.1, 0.15) is 24.2 Å². The molecule has 3 rings (SSSR count). The molecule has 0 atom stereocenters. The summed E-state index contributed by atoms with van der Waals surface area (Å²) >= 11 is 7.89. The van der Waals surface area contributed by atoms with Crippen LogP contribution in [0.2, 0.25) is 0 Å². The standard InChI is InChI=1S/C14H16BrN3OS/c1-18-12(16-17-13(18)20)14(7-11(8-14)19-2)9-4-3-5-10(15)6-9/h3-6,11H,7-8H2,1-2H3,(H,17,20)/t11-,14-. The topological polar surface area (TPSA) is 39.9 Å². The lowest BCUT2D eigenvalue weighted by molar-refractivity contribution is -0.00712. The summed E-state index contributed by atoms with van der Waals surface area (Å²) < 4.78 is 8.50. The van der Waals surface area contributed by atoms with Gasteiger partial charge in [-0.15, -0.1) is 22.8 Å². The number of thiol groups is 1.